The fourth-order valence-electron chi connectivity index (χ4n) is 1.98. The first-order valence-corrected chi connectivity index (χ1v) is 5.35. The van der Waals surface area contributed by atoms with Crippen molar-refractivity contribution in [3.8, 4) is 0 Å². The van der Waals surface area contributed by atoms with Crippen LogP contribution >= 0.6 is 0 Å². The van der Waals surface area contributed by atoms with E-state index in [1.54, 1.807) is 11.8 Å². The number of benzene rings is 1. The third-order valence-electron chi connectivity index (χ3n) is 2.94. The van der Waals surface area contributed by atoms with E-state index in [0.29, 0.717) is 12.3 Å². The largest absolute Gasteiger partial charge is 0.452 e. The second-order valence-corrected chi connectivity index (χ2v) is 3.90. The monoisotopic (exact) mass is 234 g/mol. The van der Waals surface area contributed by atoms with E-state index in [4.69, 9.17) is 9.94 Å². The molecule has 0 saturated carbocycles. The van der Waals surface area contributed by atoms with Crippen molar-refractivity contribution in [3.63, 3.8) is 0 Å². The highest BCUT2D eigenvalue weighted by atomic mass is 16.5. The molecule has 0 fully saturated rings. The Morgan fingerprint density at radius 2 is 2.29 bits per heavy atom. The van der Waals surface area contributed by atoms with Gasteiger partial charge in [-0.2, -0.15) is 0 Å². The molecule has 0 aliphatic carbocycles. The van der Waals surface area contributed by atoms with Crippen LogP contribution in [0.15, 0.2) is 23.4 Å². The molecule has 17 heavy (non-hydrogen) atoms. The maximum Gasteiger partial charge on any atom is 0.414 e. The van der Waals surface area contributed by atoms with Crippen LogP contribution < -0.4 is 4.90 Å². The lowest BCUT2D eigenvalue weighted by Gasteiger charge is -2.15. The van der Waals surface area contributed by atoms with Gasteiger partial charge in [-0.3, -0.25) is 4.90 Å². The second kappa shape index (κ2) is 4.45. The molecule has 0 saturated heterocycles. The van der Waals surface area contributed by atoms with E-state index in [9.17, 15) is 4.79 Å². The summed E-state index contributed by atoms with van der Waals surface area (Å²) in [6, 6.07) is 5.62. The lowest BCUT2D eigenvalue weighted by atomic mass is 10.1. The molecular formula is C12H14N2O3. The highest BCUT2D eigenvalue weighted by Gasteiger charge is 2.25. The summed E-state index contributed by atoms with van der Waals surface area (Å²) in [5.41, 5.74) is 3.35. The van der Waals surface area contributed by atoms with Crippen molar-refractivity contribution in [2.24, 2.45) is 5.16 Å². The lowest BCUT2D eigenvalue weighted by Crippen LogP contribution is -2.28. The predicted molar refractivity (Wildman–Crippen MR) is 63.9 cm³/mol. The number of ether oxygens (including phenoxy) is 1. The number of hydrogen-bond acceptors (Lipinski definition) is 4. The van der Waals surface area contributed by atoms with Crippen molar-refractivity contribution < 1.29 is 14.7 Å². The van der Waals surface area contributed by atoms with Gasteiger partial charge in [0.2, 0.25) is 0 Å². The van der Waals surface area contributed by atoms with Crippen molar-refractivity contribution in [1.29, 1.82) is 0 Å². The van der Waals surface area contributed by atoms with Gasteiger partial charge in [0.15, 0.2) is 0 Å². The number of amides is 1. The van der Waals surface area contributed by atoms with Crippen LogP contribution in [-0.2, 0) is 11.2 Å². The molecule has 1 aliphatic heterocycles. The molecule has 0 unspecified atom stereocenters. The van der Waals surface area contributed by atoms with Crippen LogP contribution in [0.2, 0.25) is 0 Å². The van der Waals surface area contributed by atoms with Gasteiger partial charge >= 0.3 is 6.09 Å². The first-order valence-electron chi connectivity index (χ1n) is 5.35. The molecule has 1 heterocycles. The maximum absolute atomic E-state index is 11.5. The minimum absolute atomic E-state index is 0.343. The van der Waals surface area contributed by atoms with Gasteiger partial charge in [0.25, 0.3) is 0 Å². The number of hydrogen-bond donors (Lipinski definition) is 1. The maximum atomic E-state index is 11.5. The van der Waals surface area contributed by atoms with Crippen LogP contribution in [0.5, 0.6) is 0 Å². The molecule has 5 heteroatoms. The first kappa shape index (κ1) is 11.4. The molecule has 2 rings (SSSR count). The normalized spacial score (nSPS) is 14.7. The number of rotatable bonds is 1. The number of nitrogens with zero attached hydrogens (tertiary/aromatic N) is 2. The summed E-state index contributed by atoms with van der Waals surface area (Å²) in [5.74, 6) is 0. The molecule has 1 N–H and O–H groups in total. The van der Waals surface area contributed by atoms with E-state index in [1.165, 1.54) is 7.11 Å². The summed E-state index contributed by atoms with van der Waals surface area (Å²) >= 11 is 0. The molecule has 0 aromatic heterocycles. The highest BCUT2D eigenvalue weighted by Crippen LogP contribution is 2.29. The van der Waals surface area contributed by atoms with Gasteiger partial charge in [-0.15, -0.1) is 0 Å². The Kier molecular flexibility index (Phi) is 2.99. The van der Waals surface area contributed by atoms with Crippen LogP contribution in [-0.4, -0.2) is 30.7 Å². The molecule has 5 nitrogen and oxygen atoms in total. The Labute approximate surface area is 99.3 Å². The Morgan fingerprint density at radius 3 is 2.94 bits per heavy atom. The minimum Gasteiger partial charge on any atom is -0.452 e. The van der Waals surface area contributed by atoms with Gasteiger partial charge in [0.1, 0.15) is 0 Å². The zero-order valence-electron chi connectivity index (χ0n) is 9.80. The molecule has 0 atom stereocenters. The minimum atomic E-state index is -0.343. The second-order valence-electron chi connectivity index (χ2n) is 3.90. The van der Waals surface area contributed by atoms with E-state index in [1.807, 2.05) is 18.2 Å². The fourth-order valence-corrected chi connectivity index (χ4v) is 1.98. The van der Waals surface area contributed by atoms with Gasteiger partial charge < -0.3 is 9.94 Å². The van der Waals surface area contributed by atoms with E-state index >= 15 is 0 Å². The lowest BCUT2D eigenvalue weighted by molar-refractivity contribution is 0.179. The van der Waals surface area contributed by atoms with E-state index < -0.39 is 0 Å². The molecule has 1 aromatic rings. The predicted octanol–water partition coefficient (Wildman–Crippen LogP) is 2.01. The number of carbonyl (C=O) groups excluding carboxylic acids is 1. The molecule has 1 aromatic carbocycles. The standard InChI is InChI=1S/C12H14N2O3/c1-8(13-16)9-3-4-11-10(7-9)5-6-14(11)12(15)17-2/h3-4,7,16H,5-6H2,1-2H3. The third-order valence-corrected chi connectivity index (χ3v) is 2.94. The molecule has 90 valence electrons. The summed E-state index contributed by atoms with van der Waals surface area (Å²) in [6.07, 6.45) is 0.445. The van der Waals surface area contributed by atoms with E-state index in [0.717, 1.165) is 23.2 Å². The van der Waals surface area contributed by atoms with Crippen molar-refractivity contribution in [3.05, 3.63) is 29.3 Å². The highest BCUT2D eigenvalue weighted by molar-refractivity contribution is 5.99. The van der Waals surface area contributed by atoms with Crippen molar-refractivity contribution >= 4 is 17.5 Å². The summed E-state index contributed by atoms with van der Waals surface area (Å²) in [5, 5.41) is 11.9. The third kappa shape index (κ3) is 1.95. The molecule has 0 spiro atoms. The van der Waals surface area contributed by atoms with Crippen LogP contribution in [0, 0.1) is 0 Å². The van der Waals surface area contributed by atoms with Crippen molar-refractivity contribution in [2.75, 3.05) is 18.6 Å². The molecule has 1 amide bonds. The summed E-state index contributed by atoms with van der Waals surface area (Å²) in [4.78, 5) is 13.1. The van der Waals surface area contributed by atoms with Crippen molar-refractivity contribution in [1.82, 2.24) is 0 Å². The molecule has 1 aliphatic rings. The molecule has 0 radical (unpaired) electrons. The molecular weight excluding hydrogens is 220 g/mol. The number of fused-ring (bicyclic) bond motifs is 1. The Balaban J connectivity index is 2.35. The SMILES string of the molecule is COC(=O)N1CCc2cc(C(C)=NO)ccc21. The van der Waals surface area contributed by atoms with Gasteiger partial charge in [-0.25, -0.2) is 4.79 Å². The van der Waals surface area contributed by atoms with E-state index in [2.05, 4.69) is 5.16 Å². The first-order chi connectivity index (χ1) is 8.17. The van der Waals surface area contributed by atoms with Crippen LogP contribution in [0.25, 0.3) is 0 Å². The van der Waals surface area contributed by atoms with E-state index in [-0.39, 0.29) is 6.09 Å². The number of oxime groups is 1. The summed E-state index contributed by atoms with van der Waals surface area (Å²) < 4.78 is 4.71. The van der Waals surface area contributed by atoms with Crippen LogP contribution in [0.1, 0.15) is 18.1 Å². The Morgan fingerprint density at radius 1 is 1.53 bits per heavy atom. The van der Waals surface area contributed by atoms with Gasteiger partial charge in [0, 0.05) is 6.54 Å². The number of carbonyl (C=O) groups is 1. The van der Waals surface area contributed by atoms with Gasteiger partial charge in [0.05, 0.1) is 18.5 Å². The average Bonchev–Trinajstić information content (AvgIpc) is 2.79. The summed E-state index contributed by atoms with van der Waals surface area (Å²) in [6.45, 7) is 2.36. The van der Waals surface area contributed by atoms with Crippen molar-refractivity contribution in [2.45, 2.75) is 13.3 Å². The van der Waals surface area contributed by atoms with Gasteiger partial charge in [-0.05, 0) is 36.6 Å². The van der Waals surface area contributed by atoms with Crippen LogP contribution in [0.4, 0.5) is 10.5 Å². The smallest absolute Gasteiger partial charge is 0.414 e. The quantitative estimate of drug-likeness (QED) is 0.459. The van der Waals surface area contributed by atoms with Crippen LogP contribution in [0.3, 0.4) is 0 Å². The number of anilines is 1. The summed E-state index contributed by atoms with van der Waals surface area (Å²) in [7, 11) is 1.37. The van der Waals surface area contributed by atoms with Gasteiger partial charge in [-0.1, -0.05) is 11.2 Å². The Bertz CT molecular complexity index is 483. The zero-order chi connectivity index (χ0) is 12.4. The Hall–Kier alpha value is -2.04. The fraction of sp³-hybridized carbons (Fsp3) is 0.333. The molecule has 0 bridgehead atoms. The number of methoxy groups -OCH3 is 1. The average molecular weight is 234 g/mol. The zero-order valence-corrected chi connectivity index (χ0v) is 9.80. The topological polar surface area (TPSA) is 62.1 Å².